The monoisotopic (exact) mass is 202 g/mol. The summed E-state index contributed by atoms with van der Waals surface area (Å²) in [6.45, 7) is 0. The molecule has 0 aromatic rings. The van der Waals surface area contributed by atoms with Gasteiger partial charge in [-0.05, 0) is 12.8 Å². The Balaban J connectivity index is 2.13. The molecule has 1 rings (SSSR count). The van der Waals surface area contributed by atoms with E-state index in [1.165, 1.54) is 32.1 Å². The molecular formula is C9H18N2OS. The molecule has 1 fully saturated rings. The lowest BCUT2D eigenvalue weighted by Gasteiger charge is -2.21. The smallest absolute Gasteiger partial charge is 0.235 e. The van der Waals surface area contributed by atoms with Gasteiger partial charge < -0.3 is 11.5 Å². The third-order valence-electron chi connectivity index (χ3n) is 2.43. The van der Waals surface area contributed by atoms with E-state index in [2.05, 4.69) is 0 Å². The summed E-state index contributed by atoms with van der Waals surface area (Å²) >= 11 is 1.81. The highest BCUT2D eigenvalue weighted by atomic mass is 32.2. The number of nitrogens with two attached hydrogens (primary N) is 2. The van der Waals surface area contributed by atoms with Gasteiger partial charge in [0.2, 0.25) is 5.91 Å². The Labute approximate surface area is 83.6 Å². The van der Waals surface area contributed by atoms with Crippen molar-refractivity contribution in [2.24, 2.45) is 11.5 Å². The van der Waals surface area contributed by atoms with E-state index >= 15 is 0 Å². The van der Waals surface area contributed by atoms with Crippen molar-refractivity contribution >= 4 is 17.7 Å². The second-order valence-corrected chi connectivity index (χ2v) is 4.94. The Bertz CT molecular complexity index is 169. The van der Waals surface area contributed by atoms with Crippen molar-refractivity contribution < 1.29 is 4.79 Å². The van der Waals surface area contributed by atoms with Crippen LogP contribution < -0.4 is 11.5 Å². The lowest BCUT2D eigenvalue weighted by Crippen LogP contribution is -2.38. The maximum absolute atomic E-state index is 10.7. The van der Waals surface area contributed by atoms with Crippen molar-refractivity contribution in [3.8, 4) is 0 Å². The molecule has 0 bridgehead atoms. The summed E-state index contributed by atoms with van der Waals surface area (Å²) < 4.78 is 0. The van der Waals surface area contributed by atoms with Crippen molar-refractivity contribution in [1.29, 1.82) is 0 Å². The number of rotatable bonds is 4. The predicted molar refractivity (Wildman–Crippen MR) is 56.5 cm³/mol. The highest BCUT2D eigenvalue weighted by Gasteiger charge is 2.16. The van der Waals surface area contributed by atoms with E-state index < -0.39 is 6.04 Å². The SMILES string of the molecule is NC(=O)C(N)CSC1CCCCC1. The van der Waals surface area contributed by atoms with Crippen LogP contribution in [0.2, 0.25) is 0 Å². The van der Waals surface area contributed by atoms with E-state index in [-0.39, 0.29) is 5.91 Å². The number of primary amides is 1. The average Bonchev–Trinajstić information content (AvgIpc) is 2.15. The molecule has 3 nitrogen and oxygen atoms in total. The number of carbonyl (C=O) groups is 1. The Morgan fingerprint density at radius 2 is 2.00 bits per heavy atom. The van der Waals surface area contributed by atoms with Crippen LogP contribution in [0, 0.1) is 0 Å². The summed E-state index contributed by atoms with van der Waals surface area (Å²) in [6, 6.07) is -0.466. The fourth-order valence-electron chi connectivity index (χ4n) is 1.55. The minimum Gasteiger partial charge on any atom is -0.368 e. The van der Waals surface area contributed by atoms with Gasteiger partial charge in [-0.3, -0.25) is 4.79 Å². The zero-order chi connectivity index (χ0) is 9.68. The van der Waals surface area contributed by atoms with Crippen molar-refractivity contribution in [3.05, 3.63) is 0 Å². The molecule has 0 radical (unpaired) electrons. The Morgan fingerprint density at radius 3 is 2.54 bits per heavy atom. The van der Waals surface area contributed by atoms with Crippen LogP contribution in [0.4, 0.5) is 0 Å². The van der Waals surface area contributed by atoms with E-state index in [1.54, 1.807) is 0 Å². The molecule has 0 aliphatic heterocycles. The quantitative estimate of drug-likeness (QED) is 0.710. The van der Waals surface area contributed by atoms with Gasteiger partial charge in [0.05, 0.1) is 6.04 Å². The van der Waals surface area contributed by atoms with Gasteiger partial charge in [-0.25, -0.2) is 0 Å². The van der Waals surface area contributed by atoms with Gasteiger partial charge in [-0.1, -0.05) is 19.3 Å². The third-order valence-corrected chi connectivity index (χ3v) is 3.92. The molecular weight excluding hydrogens is 184 g/mol. The molecule has 13 heavy (non-hydrogen) atoms. The molecule has 0 spiro atoms. The fraction of sp³-hybridized carbons (Fsp3) is 0.889. The van der Waals surface area contributed by atoms with Crippen LogP contribution in [-0.4, -0.2) is 23.0 Å². The summed E-state index contributed by atoms with van der Waals surface area (Å²) in [4.78, 5) is 10.7. The summed E-state index contributed by atoms with van der Waals surface area (Å²) in [5.74, 6) is 0.295. The van der Waals surface area contributed by atoms with E-state index in [4.69, 9.17) is 11.5 Å². The summed E-state index contributed by atoms with van der Waals surface area (Å²) in [5, 5.41) is 0.708. The first-order valence-corrected chi connectivity index (χ1v) is 5.91. The van der Waals surface area contributed by atoms with Gasteiger partial charge >= 0.3 is 0 Å². The number of hydrogen-bond acceptors (Lipinski definition) is 3. The molecule has 0 aromatic carbocycles. The predicted octanol–water partition coefficient (Wildman–Crippen LogP) is 0.865. The molecule has 1 saturated carbocycles. The zero-order valence-corrected chi connectivity index (χ0v) is 8.69. The van der Waals surface area contributed by atoms with Gasteiger partial charge in [-0.15, -0.1) is 0 Å². The van der Waals surface area contributed by atoms with Crippen LogP contribution in [0.1, 0.15) is 32.1 Å². The average molecular weight is 202 g/mol. The first-order valence-electron chi connectivity index (χ1n) is 4.86. The van der Waals surface area contributed by atoms with Crippen LogP contribution in [0.25, 0.3) is 0 Å². The van der Waals surface area contributed by atoms with Crippen LogP contribution in [0.15, 0.2) is 0 Å². The summed E-state index contributed by atoms with van der Waals surface area (Å²) in [7, 11) is 0. The normalized spacial score (nSPS) is 21.3. The van der Waals surface area contributed by atoms with Crippen molar-refractivity contribution in [3.63, 3.8) is 0 Å². The molecule has 1 unspecified atom stereocenters. The van der Waals surface area contributed by atoms with Gasteiger partial charge in [0.1, 0.15) is 0 Å². The molecule has 1 aliphatic rings. The number of amides is 1. The standard InChI is InChI=1S/C9H18N2OS/c10-8(9(11)12)6-13-7-4-2-1-3-5-7/h7-8H,1-6,10H2,(H2,11,12). The second kappa shape index (κ2) is 5.50. The van der Waals surface area contributed by atoms with Crippen molar-refractivity contribution in [1.82, 2.24) is 0 Å². The fourth-order valence-corrected chi connectivity index (χ4v) is 2.86. The van der Waals surface area contributed by atoms with E-state index in [1.807, 2.05) is 11.8 Å². The zero-order valence-electron chi connectivity index (χ0n) is 7.87. The van der Waals surface area contributed by atoms with Crippen LogP contribution in [0.5, 0.6) is 0 Å². The molecule has 1 atom stereocenters. The first kappa shape index (κ1) is 10.9. The molecule has 76 valence electrons. The van der Waals surface area contributed by atoms with E-state index in [9.17, 15) is 4.79 Å². The lowest BCUT2D eigenvalue weighted by atomic mass is 10.0. The molecule has 4 heteroatoms. The Hall–Kier alpha value is -0.220. The topological polar surface area (TPSA) is 69.1 Å². The molecule has 4 N–H and O–H groups in total. The number of carbonyl (C=O) groups excluding carboxylic acids is 1. The maximum Gasteiger partial charge on any atom is 0.235 e. The first-order chi connectivity index (χ1) is 6.20. The second-order valence-electron chi connectivity index (χ2n) is 3.60. The van der Waals surface area contributed by atoms with Crippen molar-refractivity contribution in [2.75, 3.05) is 5.75 Å². The molecule has 1 amide bonds. The van der Waals surface area contributed by atoms with Crippen LogP contribution in [-0.2, 0) is 4.79 Å². The Kier molecular flexibility index (Phi) is 4.59. The molecule has 0 heterocycles. The van der Waals surface area contributed by atoms with Crippen LogP contribution >= 0.6 is 11.8 Å². The molecule has 1 aliphatic carbocycles. The number of hydrogen-bond donors (Lipinski definition) is 2. The largest absolute Gasteiger partial charge is 0.368 e. The molecule has 0 aromatic heterocycles. The summed E-state index contributed by atoms with van der Waals surface area (Å²) in [5.41, 5.74) is 10.6. The van der Waals surface area contributed by atoms with E-state index in [0.29, 0.717) is 11.0 Å². The van der Waals surface area contributed by atoms with Crippen molar-refractivity contribution in [2.45, 2.75) is 43.4 Å². The lowest BCUT2D eigenvalue weighted by molar-refractivity contribution is -0.118. The highest BCUT2D eigenvalue weighted by Crippen LogP contribution is 2.28. The Morgan fingerprint density at radius 1 is 1.38 bits per heavy atom. The minimum absolute atomic E-state index is 0.386. The summed E-state index contributed by atoms with van der Waals surface area (Å²) in [6.07, 6.45) is 6.55. The van der Waals surface area contributed by atoms with Gasteiger partial charge in [0.25, 0.3) is 0 Å². The van der Waals surface area contributed by atoms with Gasteiger partial charge in [0.15, 0.2) is 0 Å². The minimum atomic E-state index is -0.466. The number of thioether (sulfide) groups is 1. The molecule has 0 saturated heterocycles. The van der Waals surface area contributed by atoms with E-state index in [0.717, 1.165) is 0 Å². The maximum atomic E-state index is 10.7. The van der Waals surface area contributed by atoms with Crippen LogP contribution in [0.3, 0.4) is 0 Å². The highest BCUT2D eigenvalue weighted by molar-refractivity contribution is 7.99. The van der Waals surface area contributed by atoms with Gasteiger partial charge in [0, 0.05) is 11.0 Å². The third kappa shape index (κ3) is 4.00. The van der Waals surface area contributed by atoms with Gasteiger partial charge in [-0.2, -0.15) is 11.8 Å².